The van der Waals surface area contributed by atoms with Crippen molar-refractivity contribution in [2.45, 2.75) is 32.2 Å². The molecule has 0 aliphatic carbocycles. The molecule has 0 fully saturated rings. The van der Waals surface area contributed by atoms with E-state index in [1.165, 1.54) is 0 Å². The van der Waals surface area contributed by atoms with Crippen LogP contribution in [-0.4, -0.2) is 6.54 Å². The molecule has 0 aromatic heterocycles. The van der Waals surface area contributed by atoms with Crippen molar-refractivity contribution in [3.8, 4) is 12.3 Å². The summed E-state index contributed by atoms with van der Waals surface area (Å²) in [5, 5.41) is 4.27. The van der Waals surface area contributed by atoms with Crippen LogP contribution in [0, 0.1) is 12.3 Å². The van der Waals surface area contributed by atoms with E-state index in [9.17, 15) is 0 Å². The molecule has 0 aliphatic heterocycles. The van der Waals surface area contributed by atoms with Gasteiger partial charge in [-0.3, -0.25) is 0 Å². The normalized spacial score (nSPS) is 12.1. The molecule has 0 saturated carbocycles. The summed E-state index contributed by atoms with van der Waals surface area (Å²) in [6.45, 7) is 3.11. The number of hydrogen-bond acceptors (Lipinski definition) is 1. The third-order valence-corrected chi connectivity index (χ3v) is 2.91. The van der Waals surface area contributed by atoms with Gasteiger partial charge < -0.3 is 5.32 Å². The van der Waals surface area contributed by atoms with Gasteiger partial charge in [0.2, 0.25) is 0 Å². The lowest BCUT2D eigenvalue weighted by molar-refractivity contribution is 0.549. The van der Waals surface area contributed by atoms with Crippen LogP contribution < -0.4 is 5.32 Å². The van der Waals surface area contributed by atoms with Gasteiger partial charge in [0.15, 0.2) is 0 Å². The first-order valence-corrected chi connectivity index (χ1v) is 6.04. The quantitative estimate of drug-likeness (QED) is 0.584. The minimum atomic E-state index is 0.291. The van der Waals surface area contributed by atoms with Gasteiger partial charge in [0.05, 0.1) is 0 Å². The van der Waals surface area contributed by atoms with Crippen molar-refractivity contribution in [2.24, 2.45) is 0 Å². The second-order valence-corrected chi connectivity index (χ2v) is 4.27. The van der Waals surface area contributed by atoms with Crippen molar-refractivity contribution in [3.05, 3.63) is 34.9 Å². The molecular weight excluding hydrogens is 218 g/mol. The summed E-state index contributed by atoms with van der Waals surface area (Å²) in [6.07, 6.45) is 8.25. The van der Waals surface area contributed by atoms with Crippen LogP contribution in [0.1, 0.15) is 37.8 Å². The second-order valence-electron chi connectivity index (χ2n) is 3.86. The van der Waals surface area contributed by atoms with Gasteiger partial charge in [0.1, 0.15) is 0 Å². The molecule has 1 aromatic rings. The maximum absolute atomic E-state index is 6.12. The fourth-order valence-corrected chi connectivity index (χ4v) is 1.91. The summed E-state index contributed by atoms with van der Waals surface area (Å²) in [6, 6.07) is 8.23. The van der Waals surface area contributed by atoms with Crippen LogP contribution in [0.2, 0.25) is 5.02 Å². The fourth-order valence-electron chi connectivity index (χ4n) is 1.61. The molecule has 1 aromatic carbocycles. The maximum atomic E-state index is 6.12. The standard InChI is InChI=1S/C14H18ClN/c1-3-4-5-8-11-16-12(2)13-9-6-7-10-14(13)15/h1,6-7,9-10,12,16H,4-5,8,11H2,2H3/t12-/m0/s1. The van der Waals surface area contributed by atoms with Crippen LogP contribution in [-0.2, 0) is 0 Å². The Kier molecular flexibility index (Phi) is 6.00. The highest BCUT2D eigenvalue weighted by molar-refractivity contribution is 6.31. The number of benzene rings is 1. The van der Waals surface area contributed by atoms with Gasteiger partial charge in [0, 0.05) is 17.5 Å². The molecule has 0 bridgehead atoms. The molecular formula is C14H18ClN. The number of hydrogen-bond donors (Lipinski definition) is 1. The molecule has 0 unspecified atom stereocenters. The Balaban J connectivity index is 2.33. The fraction of sp³-hybridized carbons (Fsp3) is 0.429. The predicted octanol–water partition coefficient (Wildman–Crippen LogP) is 3.79. The molecule has 1 N–H and O–H groups in total. The van der Waals surface area contributed by atoms with Gasteiger partial charge in [-0.25, -0.2) is 0 Å². The van der Waals surface area contributed by atoms with E-state index in [1.54, 1.807) is 0 Å². The Labute approximate surface area is 103 Å². The topological polar surface area (TPSA) is 12.0 Å². The highest BCUT2D eigenvalue weighted by Gasteiger charge is 2.07. The van der Waals surface area contributed by atoms with Gasteiger partial charge >= 0.3 is 0 Å². The number of nitrogens with one attached hydrogen (secondary N) is 1. The van der Waals surface area contributed by atoms with Crippen LogP contribution in [0.25, 0.3) is 0 Å². The van der Waals surface area contributed by atoms with Gasteiger partial charge in [-0.05, 0) is 37.9 Å². The van der Waals surface area contributed by atoms with E-state index in [1.807, 2.05) is 18.2 Å². The molecule has 2 heteroatoms. The summed E-state index contributed by atoms with van der Waals surface area (Å²) in [4.78, 5) is 0. The number of rotatable bonds is 6. The minimum Gasteiger partial charge on any atom is -0.310 e. The first-order valence-electron chi connectivity index (χ1n) is 5.67. The maximum Gasteiger partial charge on any atom is 0.0453 e. The molecule has 1 atom stereocenters. The monoisotopic (exact) mass is 235 g/mol. The second kappa shape index (κ2) is 7.33. The van der Waals surface area contributed by atoms with Crippen LogP contribution in [0.4, 0.5) is 0 Å². The van der Waals surface area contributed by atoms with Crippen LogP contribution in [0.15, 0.2) is 24.3 Å². The average Bonchev–Trinajstić information content (AvgIpc) is 2.29. The highest BCUT2D eigenvalue weighted by Crippen LogP contribution is 2.21. The number of terminal acetylenes is 1. The van der Waals surface area contributed by atoms with E-state index in [0.29, 0.717) is 6.04 Å². The largest absolute Gasteiger partial charge is 0.310 e. The predicted molar refractivity (Wildman–Crippen MR) is 70.6 cm³/mol. The van der Waals surface area contributed by atoms with E-state index in [-0.39, 0.29) is 0 Å². The summed E-state index contributed by atoms with van der Waals surface area (Å²) < 4.78 is 0. The molecule has 0 radical (unpaired) electrons. The van der Waals surface area contributed by atoms with E-state index < -0.39 is 0 Å². The molecule has 86 valence electrons. The minimum absolute atomic E-state index is 0.291. The van der Waals surface area contributed by atoms with Gasteiger partial charge in [-0.2, -0.15) is 0 Å². The van der Waals surface area contributed by atoms with E-state index >= 15 is 0 Å². The molecule has 16 heavy (non-hydrogen) atoms. The zero-order chi connectivity index (χ0) is 11.8. The molecule has 0 saturated heterocycles. The zero-order valence-corrected chi connectivity index (χ0v) is 10.4. The van der Waals surface area contributed by atoms with E-state index in [2.05, 4.69) is 24.2 Å². The van der Waals surface area contributed by atoms with Crippen molar-refractivity contribution < 1.29 is 0 Å². The zero-order valence-electron chi connectivity index (χ0n) is 9.67. The highest BCUT2D eigenvalue weighted by atomic mass is 35.5. The third kappa shape index (κ3) is 4.26. The SMILES string of the molecule is C#CCCCCN[C@@H](C)c1ccccc1Cl. The number of unbranched alkanes of at least 4 members (excludes halogenated alkanes) is 2. The smallest absolute Gasteiger partial charge is 0.0453 e. The lowest BCUT2D eigenvalue weighted by Crippen LogP contribution is -2.20. The molecule has 1 nitrogen and oxygen atoms in total. The average molecular weight is 236 g/mol. The third-order valence-electron chi connectivity index (χ3n) is 2.57. The molecule has 1 rings (SSSR count). The Bertz CT molecular complexity index is 354. The van der Waals surface area contributed by atoms with Gasteiger partial charge in [0.25, 0.3) is 0 Å². The van der Waals surface area contributed by atoms with Crippen molar-refractivity contribution in [2.75, 3.05) is 6.54 Å². The summed E-state index contributed by atoms with van der Waals surface area (Å²) in [5.41, 5.74) is 1.15. The number of halogens is 1. The summed E-state index contributed by atoms with van der Waals surface area (Å²) in [5.74, 6) is 2.65. The van der Waals surface area contributed by atoms with Crippen molar-refractivity contribution in [1.29, 1.82) is 0 Å². The molecule has 0 heterocycles. The molecule has 0 amide bonds. The first kappa shape index (κ1) is 13.1. The molecule has 0 spiro atoms. The lowest BCUT2D eigenvalue weighted by atomic mass is 10.1. The Hall–Kier alpha value is -0.970. The summed E-state index contributed by atoms with van der Waals surface area (Å²) in [7, 11) is 0. The first-order chi connectivity index (χ1) is 7.75. The van der Waals surface area contributed by atoms with E-state index in [0.717, 1.165) is 36.4 Å². The Morgan fingerprint density at radius 2 is 2.12 bits per heavy atom. The van der Waals surface area contributed by atoms with Crippen LogP contribution in [0.5, 0.6) is 0 Å². The van der Waals surface area contributed by atoms with Crippen LogP contribution in [0.3, 0.4) is 0 Å². The molecule has 0 aliphatic rings. The van der Waals surface area contributed by atoms with Crippen molar-refractivity contribution in [1.82, 2.24) is 5.32 Å². The van der Waals surface area contributed by atoms with E-state index in [4.69, 9.17) is 18.0 Å². The van der Waals surface area contributed by atoms with Crippen molar-refractivity contribution >= 4 is 11.6 Å². The van der Waals surface area contributed by atoms with Crippen molar-refractivity contribution in [3.63, 3.8) is 0 Å². The van der Waals surface area contributed by atoms with Gasteiger partial charge in [-0.1, -0.05) is 29.8 Å². The van der Waals surface area contributed by atoms with Gasteiger partial charge in [-0.15, -0.1) is 12.3 Å². The Morgan fingerprint density at radius 3 is 2.81 bits per heavy atom. The summed E-state index contributed by atoms with van der Waals surface area (Å²) >= 11 is 6.12. The lowest BCUT2D eigenvalue weighted by Gasteiger charge is -2.15. The van der Waals surface area contributed by atoms with Crippen LogP contribution >= 0.6 is 11.6 Å². The Morgan fingerprint density at radius 1 is 1.38 bits per heavy atom.